The van der Waals surface area contributed by atoms with Crippen LogP contribution in [0.15, 0.2) is 93.1 Å². The van der Waals surface area contributed by atoms with E-state index in [9.17, 15) is 9.59 Å². The molecule has 0 unspecified atom stereocenters. The van der Waals surface area contributed by atoms with Crippen molar-refractivity contribution in [1.82, 2.24) is 14.8 Å². The first-order chi connectivity index (χ1) is 18.0. The lowest BCUT2D eigenvalue weighted by atomic mass is 10.1. The second-order valence-corrected chi connectivity index (χ2v) is 8.91. The molecule has 2 aromatic carbocycles. The number of hydrogen-bond acceptors (Lipinski definition) is 7. The Bertz CT molecular complexity index is 1440. The van der Waals surface area contributed by atoms with Crippen molar-refractivity contribution in [3.63, 3.8) is 0 Å². The van der Waals surface area contributed by atoms with E-state index in [0.29, 0.717) is 29.0 Å². The average Bonchev–Trinajstić information content (AvgIpc) is 3.46. The van der Waals surface area contributed by atoms with Crippen molar-refractivity contribution in [2.24, 2.45) is 10.2 Å². The van der Waals surface area contributed by atoms with E-state index in [1.807, 2.05) is 59.2 Å². The molecular formula is C27H25N5O4S. The van der Waals surface area contributed by atoms with Crippen LogP contribution in [0.3, 0.4) is 0 Å². The SMILES string of the molecule is C=CCn1c(COc2ccccc2-c2ccccc2)nnc1SCC(=O)N=NC(=O)c1cc(C)oc1C. The van der Waals surface area contributed by atoms with Crippen molar-refractivity contribution >= 4 is 23.6 Å². The van der Waals surface area contributed by atoms with Crippen LogP contribution in [-0.4, -0.2) is 32.3 Å². The molecule has 0 bridgehead atoms. The van der Waals surface area contributed by atoms with E-state index in [1.165, 1.54) is 0 Å². The predicted octanol–water partition coefficient (Wildman–Crippen LogP) is 5.83. The Labute approximate surface area is 218 Å². The largest absolute Gasteiger partial charge is 0.485 e. The van der Waals surface area contributed by atoms with Crippen LogP contribution in [0, 0.1) is 13.8 Å². The van der Waals surface area contributed by atoms with E-state index < -0.39 is 11.8 Å². The van der Waals surface area contributed by atoms with Crippen LogP contribution in [0.25, 0.3) is 11.1 Å². The second kappa shape index (κ2) is 12.1. The third-order valence-electron chi connectivity index (χ3n) is 5.28. The molecule has 4 aromatic rings. The molecule has 0 aliphatic heterocycles. The van der Waals surface area contributed by atoms with Crippen molar-refractivity contribution in [3.8, 4) is 16.9 Å². The molecule has 4 rings (SSSR count). The zero-order valence-corrected chi connectivity index (χ0v) is 21.3. The molecule has 10 heteroatoms. The Kier molecular flexibility index (Phi) is 8.42. The summed E-state index contributed by atoms with van der Waals surface area (Å²) in [7, 11) is 0. The van der Waals surface area contributed by atoms with Gasteiger partial charge in [0.25, 0.3) is 11.8 Å². The minimum Gasteiger partial charge on any atom is -0.485 e. The summed E-state index contributed by atoms with van der Waals surface area (Å²) in [4.78, 5) is 24.4. The molecule has 9 nitrogen and oxygen atoms in total. The van der Waals surface area contributed by atoms with Gasteiger partial charge in [-0.15, -0.1) is 27.0 Å². The molecule has 37 heavy (non-hydrogen) atoms. The Morgan fingerprint density at radius 1 is 1.08 bits per heavy atom. The second-order valence-electron chi connectivity index (χ2n) is 7.96. The zero-order chi connectivity index (χ0) is 26.2. The first-order valence-electron chi connectivity index (χ1n) is 11.4. The molecule has 0 saturated heterocycles. The number of hydrogen-bond donors (Lipinski definition) is 0. The van der Waals surface area contributed by atoms with Gasteiger partial charge < -0.3 is 9.15 Å². The quantitative estimate of drug-likeness (QED) is 0.148. The van der Waals surface area contributed by atoms with Crippen LogP contribution in [0.4, 0.5) is 0 Å². The van der Waals surface area contributed by atoms with E-state index in [2.05, 4.69) is 27.0 Å². The highest BCUT2D eigenvalue weighted by Crippen LogP contribution is 2.30. The van der Waals surface area contributed by atoms with Gasteiger partial charge in [-0.1, -0.05) is 66.4 Å². The molecular weight excluding hydrogens is 490 g/mol. The average molecular weight is 516 g/mol. The van der Waals surface area contributed by atoms with Crippen molar-refractivity contribution in [3.05, 3.63) is 96.2 Å². The van der Waals surface area contributed by atoms with E-state index in [4.69, 9.17) is 9.15 Å². The Balaban J connectivity index is 1.40. The maximum atomic E-state index is 12.2. The Morgan fingerprint density at radius 2 is 1.84 bits per heavy atom. The van der Waals surface area contributed by atoms with Crippen molar-refractivity contribution in [2.75, 3.05) is 5.75 Å². The zero-order valence-electron chi connectivity index (χ0n) is 20.5. The van der Waals surface area contributed by atoms with Gasteiger partial charge in [-0.05, 0) is 31.5 Å². The molecule has 188 valence electrons. The highest BCUT2D eigenvalue weighted by molar-refractivity contribution is 7.99. The summed E-state index contributed by atoms with van der Waals surface area (Å²) in [5.74, 6) is 1.06. The minimum atomic E-state index is -0.627. The monoisotopic (exact) mass is 515 g/mol. The topological polar surface area (TPSA) is 112 Å². The fourth-order valence-electron chi connectivity index (χ4n) is 3.59. The summed E-state index contributed by atoms with van der Waals surface area (Å²) in [5, 5.41) is 16.0. The molecule has 0 atom stereocenters. The van der Waals surface area contributed by atoms with Crippen LogP contribution < -0.4 is 4.74 Å². The summed E-state index contributed by atoms with van der Waals surface area (Å²) < 4.78 is 13.2. The van der Waals surface area contributed by atoms with Gasteiger partial charge in [0, 0.05) is 12.1 Å². The number of para-hydroxylation sites is 1. The maximum absolute atomic E-state index is 12.2. The van der Waals surface area contributed by atoms with E-state index >= 15 is 0 Å². The first-order valence-corrected chi connectivity index (χ1v) is 12.4. The van der Waals surface area contributed by atoms with Gasteiger partial charge in [0.05, 0.1) is 11.3 Å². The fraction of sp³-hybridized carbons (Fsp3) is 0.185. The van der Waals surface area contributed by atoms with Gasteiger partial charge in [0.2, 0.25) is 0 Å². The van der Waals surface area contributed by atoms with E-state index in [1.54, 1.807) is 26.0 Å². The molecule has 0 saturated carbocycles. The van der Waals surface area contributed by atoms with Crippen molar-refractivity contribution in [2.45, 2.75) is 32.2 Å². The van der Waals surface area contributed by atoms with E-state index in [-0.39, 0.29) is 17.9 Å². The molecule has 0 aliphatic carbocycles. The van der Waals surface area contributed by atoms with Crippen molar-refractivity contribution < 1.29 is 18.7 Å². The number of aromatic nitrogens is 3. The number of benzene rings is 2. The Hall–Kier alpha value is -4.31. The maximum Gasteiger partial charge on any atom is 0.299 e. The number of nitrogens with zero attached hydrogens (tertiary/aromatic N) is 5. The van der Waals surface area contributed by atoms with Crippen molar-refractivity contribution in [1.29, 1.82) is 0 Å². The molecule has 0 radical (unpaired) electrons. The van der Waals surface area contributed by atoms with Gasteiger partial charge in [-0.2, -0.15) is 0 Å². The number of aryl methyl sites for hydroxylation is 2. The lowest BCUT2D eigenvalue weighted by molar-refractivity contribution is -0.115. The number of amides is 2. The fourth-order valence-corrected chi connectivity index (χ4v) is 4.33. The number of thioether (sulfide) groups is 1. The van der Waals surface area contributed by atoms with Crippen LogP contribution in [0.5, 0.6) is 5.75 Å². The van der Waals surface area contributed by atoms with Crippen LogP contribution in [0.2, 0.25) is 0 Å². The predicted molar refractivity (Wildman–Crippen MR) is 140 cm³/mol. The Morgan fingerprint density at radius 3 is 2.57 bits per heavy atom. The number of rotatable bonds is 10. The number of furan rings is 1. The number of allylic oxidation sites excluding steroid dienone is 1. The molecule has 0 fully saturated rings. The lowest BCUT2D eigenvalue weighted by Gasteiger charge is -2.12. The smallest absolute Gasteiger partial charge is 0.299 e. The van der Waals surface area contributed by atoms with Crippen LogP contribution in [-0.2, 0) is 17.9 Å². The van der Waals surface area contributed by atoms with E-state index in [0.717, 1.165) is 28.6 Å². The molecule has 2 amide bonds. The highest BCUT2D eigenvalue weighted by Gasteiger charge is 2.16. The normalized spacial score (nSPS) is 11.1. The summed E-state index contributed by atoms with van der Waals surface area (Å²) in [6.45, 7) is 7.79. The number of carbonyl (C=O) groups is 2. The summed E-state index contributed by atoms with van der Waals surface area (Å²) in [6.07, 6.45) is 1.71. The number of carbonyl (C=O) groups excluding carboxylic acids is 2. The number of ether oxygens (including phenoxy) is 1. The van der Waals surface area contributed by atoms with Gasteiger partial charge in [0.15, 0.2) is 11.0 Å². The molecule has 2 aromatic heterocycles. The highest BCUT2D eigenvalue weighted by atomic mass is 32.2. The summed E-state index contributed by atoms with van der Waals surface area (Å²) in [6, 6.07) is 19.3. The third-order valence-corrected chi connectivity index (χ3v) is 6.23. The van der Waals surface area contributed by atoms with Gasteiger partial charge in [-0.25, -0.2) is 0 Å². The van der Waals surface area contributed by atoms with Crippen LogP contribution >= 0.6 is 11.8 Å². The molecule has 0 N–H and O–H groups in total. The minimum absolute atomic E-state index is 0.0624. The first kappa shape index (κ1) is 25.8. The molecule has 0 spiro atoms. The van der Waals surface area contributed by atoms with Gasteiger partial charge >= 0.3 is 0 Å². The molecule has 2 heterocycles. The standard InChI is InChI=1S/C27H25N5O4S/c1-4-14-32-24(16-35-23-13-9-8-12-21(23)20-10-6-5-7-11-20)28-31-27(32)37-17-25(33)29-30-26(34)22-15-18(2)36-19(22)3/h4-13,15H,1,14,16-17H2,2-3H3. The molecule has 0 aliphatic rings. The number of azo groups is 1. The van der Waals surface area contributed by atoms with Gasteiger partial charge in [0.1, 0.15) is 23.9 Å². The third kappa shape index (κ3) is 6.47. The van der Waals surface area contributed by atoms with Crippen LogP contribution in [0.1, 0.15) is 27.7 Å². The van der Waals surface area contributed by atoms with Gasteiger partial charge in [-0.3, -0.25) is 14.2 Å². The lowest BCUT2D eigenvalue weighted by Crippen LogP contribution is -2.08. The summed E-state index contributed by atoms with van der Waals surface area (Å²) >= 11 is 1.15. The summed E-state index contributed by atoms with van der Waals surface area (Å²) in [5.41, 5.74) is 2.30.